The first-order valence-corrected chi connectivity index (χ1v) is 12.3. The van der Waals surface area contributed by atoms with Crippen molar-refractivity contribution >= 4 is 38.4 Å². The summed E-state index contributed by atoms with van der Waals surface area (Å²) in [5.74, 6) is -0.853. The van der Waals surface area contributed by atoms with Gasteiger partial charge in [0.25, 0.3) is 11.5 Å². The van der Waals surface area contributed by atoms with Crippen molar-refractivity contribution in [2.45, 2.75) is 13.1 Å². The molecule has 0 aliphatic carbocycles. The quantitative estimate of drug-likeness (QED) is 0.388. The van der Waals surface area contributed by atoms with Crippen molar-refractivity contribution in [1.29, 1.82) is 0 Å². The molecule has 0 saturated heterocycles. The van der Waals surface area contributed by atoms with E-state index in [2.05, 4.69) is 4.98 Å². The molecule has 170 valence electrons. The number of hydrogen-bond donors (Lipinski definition) is 3. The van der Waals surface area contributed by atoms with Crippen molar-refractivity contribution < 1.29 is 13.2 Å². The van der Waals surface area contributed by atoms with Crippen LogP contribution in [-0.4, -0.2) is 30.1 Å². The Kier molecular flexibility index (Phi) is 6.11. The van der Waals surface area contributed by atoms with Crippen molar-refractivity contribution in [2.24, 2.45) is 5.73 Å². The molecule has 10 heteroatoms. The number of benzene rings is 2. The Morgan fingerprint density at radius 1 is 1.12 bits per heavy atom. The third-order valence-corrected chi connectivity index (χ3v) is 6.06. The van der Waals surface area contributed by atoms with Gasteiger partial charge in [-0.1, -0.05) is 35.9 Å². The number of sulfonamides is 1. The Hall–Kier alpha value is -3.40. The van der Waals surface area contributed by atoms with E-state index in [1.54, 1.807) is 34.9 Å². The van der Waals surface area contributed by atoms with Crippen LogP contribution in [0.5, 0.6) is 0 Å². The fraction of sp³-hybridized carbons (Fsp3) is 0.130. The summed E-state index contributed by atoms with van der Waals surface area (Å²) in [6, 6.07) is 15.8. The molecule has 0 spiro atoms. The molecule has 0 fully saturated rings. The molecule has 2 aromatic heterocycles. The predicted molar refractivity (Wildman–Crippen MR) is 129 cm³/mol. The number of nitrogens with one attached hydrogen (secondary N) is 2. The van der Waals surface area contributed by atoms with Gasteiger partial charge in [0.15, 0.2) is 0 Å². The molecule has 4 aromatic rings. The number of carbonyl (C=O) groups is 1. The van der Waals surface area contributed by atoms with Crippen LogP contribution in [0.4, 0.5) is 0 Å². The summed E-state index contributed by atoms with van der Waals surface area (Å²) in [4.78, 5) is 28.6. The number of pyridine rings is 1. The van der Waals surface area contributed by atoms with Gasteiger partial charge in [-0.15, -0.1) is 0 Å². The second-order valence-electron chi connectivity index (χ2n) is 7.56. The van der Waals surface area contributed by atoms with E-state index in [-0.39, 0.29) is 24.3 Å². The molecule has 0 radical (unpaired) electrons. The summed E-state index contributed by atoms with van der Waals surface area (Å²) in [6.45, 7) is 0.514. The highest BCUT2D eigenvalue weighted by Gasteiger charge is 2.27. The highest BCUT2D eigenvalue weighted by Crippen LogP contribution is 2.36. The zero-order chi connectivity index (χ0) is 23.8. The minimum atomic E-state index is -3.87. The fourth-order valence-electron chi connectivity index (χ4n) is 3.92. The molecule has 0 unspecified atom stereocenters. The molecule has 2 aromatic carbocycles. The predicted octanol–water partition coefficient (Wildman–Crippen LogP) is 2.85. The molecule has 8 nitrogen and oxygen atoms in total. The summed E-state index contributed by atoms with van der Waals surface area (Å²) in [7, 11) is -3.87. The first-order chi connectivity index (χ1) is 15.7. The number of fused-ring (bicyclic) bond motifs is 1. The van der Waals surface area contributed by atoms with Crippen LogP contribution in [0.15, 0.2) is 65.6 Å². The number of halogens is 1. The van der Waals surface area contributed by atoms with Crippen LogP contribution in [0.3, 0.4) is 0 Å². The maximum Gasteiger partial charge on any atom is 0.282 e. The monoisotopic (exact) mass is 484 g/mol. The van der Waals surface area contributed by atoms with Crippen molar-refractivity contribution in [3.8, 4) is 11.1 Å². The number of nitrogens with zero attached hydrogens (tertiary/aromatic N) is 1. The van der Waals surface area contributed by atoms with Crippen molar-refractivity contribution in [3.63, 3.8) is 0 Å². The first kappa shape index (κ1) is 22.8. The van der Waals surface area contributed by atoms with Gasteiger partial charge in [0.1, 0.15) is 5.69 Å². The third kappa shape index (κ3) is 4.56. The van der Waals surface area contributed by atoms with Crippen LogP contribution < -0.4 is 16.0 Å². The molecule has 4 N–H and O–H groups in total. The number of aromatic amines is 1. The van der Waals surface area contributed by atoms with Crippen LogP contribution in [0.2, 0.25) is 5.02 Å². The SMILES string of the molecule is CS(=O)(=O)NC(=O)c1c(-c2ccc[nH]c2=O)c2cc(Cl)ccc2n1Cc1ccccc1CN. The van der Waals surface area contributed by atoms with Gasteiger partial charge in [0.2, 0.25) is 10.0 Å². The highest BCUT2D eigenvalue weighted by atomic mass is 35.5. The summed E-state index contributed by atoms with van der Waals surface area (Å²) < 4.78 is 27.6. The standard InChI is InChI=1S/C23H21ClN4O4S/c1-33(31,32)27-23(30)21-20(17-7-4-10-26-22(17)29)18-11-16(24)8-9-19(18)28(21)13-15-6-3-2-5-14(15)12-25/h2-11H,12-13,25H2,1H3,(H,26,29)(H,27,30). The average Bonchev–Trinajstić information content (AvgIpc) is 3.06. The zero-order valence-electron chi connectivity index (χ0n) is 17.6. The number of carbonyl (C=O) groups excluding carboxylic acids is 1. The lowest BCUT2D eigenvalue weighted by Gasteiger charge is -2.14. The molecular formula is C23H21ClN4O4S. The minimum absolute atomic E-state index is 0.0289. The van der Waals surface area contributed by atoms with Crippen molar-refractivity contribution in [3.05, 3.63) is 93.0 Å². The molecular weight excluding hydrogens is 464 g/mol. The van der Waals surface area contributed by atoms with E-state index in [0.29, 0.717) is 21.5 Å². The normalized spacial score (nSPS) is 11.6. The molecule has 0 aliphatic rings. The average molecular weight is 485 g/mol. The molecule has 1 amide bonds. The van der Waals surface area contributed by atoms with E-state index >= 15 is 0 Å². The molecule has 0 saturated carbocycles. The molecule has 0 atom stereocenters. The number of hydrogen-bond acceptors (Lipinski definition) is 5. The first-order valence-electron chi connectivity index (χ1n) is 9.98. The second-order valence-corrected chi connectivity index (χ2v) is 9.75. The lowest BCUT2D eigenvalue weighted by atomic mass is 10.0. The Morgan fingerprint density at radius 2 is 1.85 bits per heavy atom. The third-order valence-electron chi connectivity index (χ3n) is 5.27. The molecule has 33 heavy (non-hydrogen) atoms. The van der Waals surface area contributed by atoms with Gasteiger partial charge in [-0.3, -0.25) is 9.59 Å². The molecule has 0 aliphatic heterocycles. The van der Waals surface area contributed by atoms with Crippen LogP contribution in [0, 0.1) is 0 Å². The van der Waals surface area contributed by atoms with E-state index in [4.69, 9.17) is 17.3 Å². The van der Waals surface area contributed by atoms with Gasteiger partial charge in [-0.2, -0.15) is 0 Å². The smallest absolute Gasteiger partial charge is 0.282 e. The van der Waals surface area contributed by atoms with Gasteiger partial charge in [0, 0.05) is 46.3 Å². The maximum atomic E-state index is 13.3. The molecule has 0 bridgehead atoms. The Balaban J connectivity index is 2.10. The lowest BCUT2D eigenvalue weighted by Crippen LogP contribution is -2.32. The number of rotatable bonds is 6. The van der Waals surface area contributed by atoms with E-state index in [1.807, 2.05) is 29.0 Å². The fourth-order valence-corrected chi connectivity index (χ4v) is 4.52. The number of nitrogens with two attached hydrogens (primary N) is 1. The van der Waals surface area contributed by atoms with Gasteiger partial charge in [0.05, 0.1) is 6.26 Å². The summed E-state index contributed by atoms with van der Waals surface area (Å²) in [5, 5.41) is 0.953. The largest absolute Gasteiger partial charge is 0.331 e. The van der Waals surface area contributed by atoms with Gasteiger partial charge >= 0.3 is 0 Å². The molecule has 4 rings (SSSR count). The minimum Gasteiger partial charge on any atom is -0.331 e. The van der Waals surface area contributed by atoms with E-state index in [0.717, 1.165) is 17.4 Å². The van der Waals surface area contributed by atoms with Crippen molar-refractivity contribution in [2.75, 3.05) is 6.26 Å². The van der Waals surface area contributed by atoms with E-state index in [1.165, 1.54) is 6.20 Å². The van der Waals surface area contributed by atoms with Gasteiger partial charge < -0.3 is 15.3 Å². The number of aromatic nitrogens is 2. The Bertz CT molecular complexity index is 1540. The van der Waals surface area contributed by atoms with Gasteiger partial charge in [-0.05, 0) is 41.5 Å². The topological polar surface area (TPSA) is 127 Å². The lowest BCUT2D eigenvalue weighted by molar-refractivity contribution is 0.0974. The summed E-state index contributed by atoms with van der Waals surface area (Å²) >= 11 is 6.27. The van der Waals surface area contributed by atoms with Crippen LogP contribution in [0.1, 0.15) is 21.6 Å². The highest BCUT2D eigenvalue weighted by molar-refractivity contribution is 7.89. The summed E-state index contributed by atoms with van der Waals surface area (Å²) in [5.41, 5.74) is 8.36. The van der Waals surface area contributed by atoms with E-state index < -0.39 is 21.5 Å². The molecule has 2 heterocycles. The second kappa shape index (κ2) is 8.86. The maximum absolute atomic E-state index is 13.3. The van der Waals surface area contributed by atoms with Crippen LogP contribution in [0.25, 0.3) is 22.0 Å². The van der Waals surface area contributed by atoms with Gasteiger partial charge in [-0.25, -0.2) is 13.1 Å². The number of amides is 1. The Labute approximate surface area is 195 Å². The number of H-pyrrole nitrogens is 1. The van der Waals surface area contributed by atoms with Crippen molar-refractivity contribution in [1.82, 2.24) is 14.3 Å². The van der Waals surface area contributed by atoms with Crippen LogP contribution in [-0.2, 0) is 23.1 Å². The summed E-state index contributed by atoms with van der Waals surface area (Å²) in [6.07, 6.45) is 2.37. The zero-order valence-corrected chi connectivity index (χ0v) is 19.2. The van der Waals surface area contributed by atoms with E-state index in [9.17, 15) is 18.0 Å². The van der Waals surface area contributed by atoms with Crippen LogP contribution >= 0.6 is 11.6 Å². The Morgan fingerprint density at radius 3 is 2.52 bits per heavy atom.